The van der Waals surface area contributed by atoms with E-state index in [1.807, 2.05) is 24.3 Å². The summed E-state index contributed by atoms with van der Waals surface area (Å²) in [4.78, 5) is 1.30. The van der Waals surface area contributed by atoms with Crippen molar-refractivity contribution in [1.82, 2.24) is 0 Å². The predicted molar refractivity (Wildman–Crippen MR) is 66.6 cm³/mol. The van der Waals surface area contributed by atoms with Gasteiger partial charge >= 0.3 is 0 Å². The van der Waals surface area contributed by atoms with Crippen LogP contribution in [0, 0.1) is 0 Å². The van der Waals surface area contributed by atoms with Crippen LogP contribution in [0.4, 0.5) is 0 Å². The van der Waals surface area contributed by atoms with Crippen molar-refractivity contribution in [2.45, 2.75) is 6.92 Å². The monoisotopic (exact) mass is 200 g/mol. The molecule has 1 aromatic heterocycles. The van der Waals surface area contributed by atoms with E-state index >= 15 is 0 Å². The lowest BCUT2D eigenvalue weighted by atomic mass is 10.1. The topological polar surface area (TPSA) is 0 Å². The van der Waals surface area contributed by atoms with Gasteiger partial charge in [0.05, 0.1) is 0 Å². The van der Waals surface area contributed by atoms with Gasteiger partial charge < -0.3 is 0 Å². The van der Waals surface area contributed by atoms with E-state index in [0.717, 1.165) is 0 Å². The minimum absolute atomic E-state index is 1.25. The first kappa shape index (κ1) is 9.22. The van der Waals surface area contributed by atoms with E-state index in [9.17, 15) is 0 Å². The van der Waals surface area contributed by atoms with Gasteiger partial charge in [0.25, 0.3) is 0 Å². The van der Waals surface area contributed by atoms with Crippen LogP contribution in [-0.2, 0) is 0 Å². The van der Waals surface area contributed by atoms with Gasteiger partial charge in [-0.2, -0.15) is 0 Å². The van der Waals surface area contributed by atoms with Crippen molar-refractivity contribution in [1.29, 1.82) is 0 Å². The van der Waals surface area contributed by atoms with E-state index in [-0.39, 0.29) is 0 Å². The molecule has 0 aliphatic carbocycles. The van der Waals surface area contributed by atoms with Crippen molar-refractivity contribution < 1.29 is 0 Å². The van der Waals surface area contributed by atoms with Crippen LogP contribution in [0.3, 0.4) is 0 Å². The third-order valence-electron chi connectivity index (χ3n) is 2.18. The largest absolute Gasteiger partial charge is 0.135 e. The molecule has 0 fully saturated rings. The Morgan fingerprint density at radius 2 is 2.07 bits per heavy atom. The molecule has 0 amide bonds. The minimum atomic E-state index is 1.25. The summed E-state index contributed by atoms with van der Waals surface area (Å²) in [5.74, 6) is 0. The van der Waals surface area contributed by atoms with E-state index in [1.165, 1.54) is 20.5 Å². The van der Waals surface area contributed by atoms with Crippen molar-refractivity contribution in [3.05, 3.63) is 47.4 Å². The van der Waals surface area contributed by atoms with Crippen LogP contribution in [0.5, 0.6) is 0 Å². The summed E-state index contributed by atoms with van der Waals surface area (Å²) in [6, 6.07) is 8.45. The molecule has 14 heavy (non-hydrogen) atoms. The molecule has 0 saturated carbocycles. The molecule has 0 spiro atoms. The Labute approximate surface area is 88.2 Å². The molecule has 0 N–H and O–H groups in total. The molecule has 1 aromatic carbocycles. The van der Waals surface area contributed by atoms with Crippen LogP contribution in [0.15, 0.2) is 36.9 Å². The molecule has 0 aliphatic heterocycles. The summed E-state index contributed by atoms with van der Waals surface area (Å²) in [5, 5.41) is 1.31. The van der Waals surface area contributed by atoms with Gasteiger partial charge in [-0.25, -0.2) is 0 Å². The SMILES string of the molecule is C=Cc1c(/C=C\C)sc2ccccc12. The standard InChI is InChI=1S/C13H12S/c1-3-7-12-10(4-2)11-8-5-6-9-13(11)14-12/h3-9H,2H2,1H3/b7-3-. The highest BCUT2D eigenvalue weighted by Gasteiger charge is 2.05. The molecular weight excluding hydrogens is 188 g/mol. The van der Waals surface area contributed by atoms with Gasteiger partial charge in [0, 0.05) is 15.0 Å². The average Bonchev–Trinajstić information content (AvgIpc) is 2.55. The number of benzene rings is 1. The maximum absolute atomic E-state index is 3.87. The van der Waals surface area contributed by atoms with E-state index in [1.54, 1.807) is 0 Å². The zero-order valence-electron chi connectivity index (χ0n) is 8.16. The molecule has 1 heterocycles. The Hall–Kier alpha value is -1.34. The minimum Gasteiger partial charge on any atom is -0.135 e. The lowest BCUT2D eigenvalue weighted by Gasteiger charge is -1.91. The predicted octanol–water partition coefficient (Wildman–Crippen LogP) is 4.58. The lowest BCUT2D eigenvalue weighted by Crippen LogP contribution is -1.70. The van der Waals surface area contributed by atoms with Crippen molar-refractivity contribution in [3.63, 3.8) is 0 Å². The fourth-order valence-corrected chi connectivity index (χ4v) is 2.75. The van der Waals surface area contributed by atoms with Gasteiger partial charge in [0.15, 0.2) is 0 Å². The maximum atomic E-state index is 3.87. The summed E-state index contributed by atoms with van der Waals surface area (Å²) in [6.07, 6.45) is 6.15. The first-order valence-corrected chi connectivity index (χ1v) is 5.45. The third kappa shape index (κ3) is 1.40. The van der Waals surface area contributed by atoms with Gasteiger partial charge in [-0.05, 0) is 24.6 Å². The normalized spacial score (nSPS) is 11.2. The summed E-state index contributed by atoms with van der Waals surface area (Å²) < 4.78 is 1.33. The first-order valence-electron chi connectivity index (χ1n) is 4.63. The highest BCUT2D eigenvalue weighted by molar-refractivity contribution is 7.20. The number of hydrogen-bond acceptors (Lipinski definition) is 1. The first-order chi connectivity index (χ1) is 6.86. The van der Waals surface area contributed by atoms with Gasteiger partial charge in [0.1, 0.15) is 0 Å². The smallest absolute Gasteiger partial charge is 0.0355 e. The zero-order chi connectivity index (χ0) is 9.97. The van der Waals surface area contributed by atoms with Crippen LogP contribution >= 0.6 is 11.3 Å². The summed E-state index contributed by atoms with van der Waals surface area (Å²) in [5.41, 5.74) is 1.25. The quantitative estimate of drug-likeness (QED) is 0.665. The number of fused-ring (bicyclic) bond motifs is 1. The third-order valence-corrected chi connectivity index (χ3v) is 3.34. The second kappa shape index (κ2) is 3.81. The number of hydrogen-bond donors (Lipinski definition) is 0. The highest BCUT2D eigenvalue weighted by atomic mass is 32.1. The molecule has 0 bridgehead atoms. The van der Waals surface area contributed by atoms with E-state index in [0.29, 0.717) is 0 Å². The molecule has 2 rings (SSSR count). The van der Waals surface area contributed by atoms with Gasteiger partial charge in [-0.1, -0.05) is 36.9 Å². The number of thiophene rings is 1. The van der Waals surface area contributed by atoms with Gasteiger partial charge in [-0.3, -0.25) is 0 Å². The molecule has 0 atom stereocenters. The Morgan fingerprint density at radius 1 is 1.29 bits per heavy atom. The van der Waals surface area contributed by atoms with Crippen LogP contribution in [0.1, 0.15) is 17.4 Å². The van der Waals surface area contributed by atoms with Crippen LogP contribution in [0.25, 0.3) is 22.2 Å². The fourth-order valence-electron chi connectivity index (χ4n) is 1.57. The van der Waals surface area contributed by atoms with Crippen molar-refractivity contribution in [2.24, 2.45) is 0 Å². The number of allylic oxidation sites excluding steroid dienone is 1. The summed E-state index contributed by atoms with van der Waals surface area (Å²) in [7, 11) is 0. The second-order valence-corrected chi connectivity index (χ2v) is 4.16. The highest BCUT2D eigenvalue weighted by Crippen LogP contribution is 2.32. The Bertz CT molecular complexity index is 489. The summed E-state index contributed by atoms with van der Waals surface area (Å²) >= 11 is 1.81. The second-order valence-electron chi connectivity index (χ2n) is 3.08. The molecule has 1 heteroatoms. The maximum Gasteiger partial charge on any atom is 0.0355 e. The van der Waals surface area contributed by atoms with Gasteiger partial charge in [0.2, 0.25) is 0 Å². The molecule has 2 aromatic rings. The van der Waals surface area contributed by atoms with Gasteiger partial charge in [-0.15, -0.1) is 11.3 Å². The van der Waals surface area contributed by atoms with E-state index in [4.69, 9.17) is 0 Å². The Balaban J connectivity index is 2.78. The molecule has 0 nitrogen and oxygen atoms in total. The Kier molecular flexibility index (Phi) is 2.51. The molecule has 70 valence electrons. The lowest BCUT2D eigenvalue weighted by molar-refractivity contribution is 1.77. The average molecular weight is 200 g/mol. The molecule has 0 saturated heterocycles. The molecular formula is C13H12S. The molecule has 0 unspecified atom stereocenters. The van der Waals surface area contributed by atoms with Crippen LogP contribution < -0.4 is 0 Å². The van der Waals surface area contributed by atoms with Crippen molar-refractivity contribution in [3.8, 4) is 0 Å². The van der Waals surface area contributed by atoms with Crippen molar-refractivity contribution in [2.75, 3.05) is 0 Å². The summed E-state index contributed by atoms with van der Waals surface area (Å²) in [6.45, 7) is 5.91. The van der Waals surface area contributed by atoms with Crippen LogP contribution in [0.2, 0.25) is 0 Å². The Morgan fingerprint density at radius 3 is 2.79 bits per heavy atom. The van der Waals surface area contributed by atoms with E-state index in [2.05, 4.69) is 43.0 Å². The fraction of sp³-hybridized carbons (Fsp3) is 0.0769. The zero-order valence-corrected chi connectivity index (χ0v) is 8.97. The number of rotatable bonds is 2. The van der Waals surface area contributed by atoms with Crippen molar-refractivity contribution >= 4 is 33.6 Å². The molecule has 0 radical (unpaired) electrons. The van der Waals surface area contributed by atoms with E-state index < -0.39 is 0 Å². The van der Waals surface area contributed by atoms with Crippen LogP contribution in [-0.4, -0.2) is 0 Å². The molecule has 0 aliphatic rings.